The minimum absolute atomic E-state index is 0.780. The van der Waals surface area contributed by atoms with Crippen LogP contribution in [0.5, 0.6) is 0 Å². The summed E-state index contributed by atoms with van der Waals surface area (Å²) in [5.74, 6) is 0. The zero-order valence-corrected chi connectivity index (χ0v) is 11.5. The van der Waals surface area contributed by atoms with Crippen molar-refractivity contribution in [2.24, 2.45) is 0 Å². The molecule has 0 heterocycles. The van der Waals surface area contributed by atoms with E-state index in [-0.39, 0.29) is 0 Å². The van der Waals surface area contributed by atoms with Gasteiger partial charge in [-0.1, -0.05) is 35.9 Å². The summed E-state index contributed by atoms with van der Waals surface area (Å²) >= 11 is 8.25. The molecule has 0 spiro atoms. The summed E-state index contributed by atoms with van der Waals surface area (Å²) in [6.07, 6.45) is 0. The zero-order valence-electron chi connectivity index (χ0n) is 8.58. The Kier molecular flexibility index (Phi) is 4.07. The number of anilines is 1. The molecule has 0 radical (unpaired) electrons. The summed E-state index contributed by atoms with van der Waals surface area (Å²) in [6, 6.07) is 16.1. The number of hydrogen-bond donors (Lipinski definition) is 1. The molecule has 0 aliphatic heterocycles. The van der Waals surface area contributed by atoms with Crippen molar-refractivity contribution in [3.8, 4) is 0 Å². The lowest BCUT2D eigenvalue weighted by Gasteiger charge is -2.08. The van der Waals surface area contributed by atoms with E-state index in [9.17, 15) is 0 Å². The molecule has 0 saturated heterocycles. The minimum atomic E-state index is 0.780. The van der Waals surface area contributed by atoms with Crippen molar-refractivity contribution in [2.75, 3.05) is 5.32 Å². The molecule has 0 atom stereocenters. The van der Waals surface area contributed by atoms with Gasteiger partial charge in [-0.05, 0) is 52.4 Å². The molecular weight excluding hydrogens is 333 g/mol. The molecular formula is C13H11ClIN. The van der Waals surface area contributed by atoms with E-state index in [2.05, 4.69) is 46.1 Å². The average Bonchev–Trinajstić information content (AvgIpc) is 2.28. The van der Waals surface area contributed by atoms with E-state index in [4.69, 9.17) is 11.6 Å². The van der Waals surface area contributed by atoms with Crippen molar-refractivity contribution < 1.29 is 0 Å². The maximum Gasteiger partial charge on any atom is 0.0478 e. The normalized spacial score (nSPS) is 10.1. The highest BCUT2D eigenvalue weighted by atomic mass is 127. The maximum absolute atomic E-state index is 5.93. The topological polar surface area (TPSA) is 12.0 Å². The second kappa shape index (κ2) is 5.55. The van der Waals surface area contributed by atoms with Crippen molar-refractivity contribution in [3.63, 3.8) is 0 Å². The molecule has 2 aromatic carbocycles. The van der Waals surface area contributed by atoms with E-state index >= 15 is 0 Å². The van der Waals surface area contributed by atoms with Crippen molar-refractivity contribution in [3.05, 3.63) is 62.7 Å². The van der Waals surface area contributed by atoms with Gasteiger partial charge in [0.05, 0.1) is 0 Å². The number of nitrogens with one attached hydrogen (secondary N) is 1. The third kappa shape index (κ3) is 3.12. The van der Waals surface area contributed by atoms with Crippen LogP contribution >= 0.6 is 34.2 Å². The Morgan fingerprint density at radius 1 is 1.06 bits per heavy atom. The summed E-state index contributed by atoms with van der Waals surface area (Å²) in [6.45, 7) is 0.792. The van der Waals surface area contributed by atoms with Crippen LogP contribution < -0.4 is 5.32 Å². The Hall–Kier alpha value is -0.740. The van der Waals surface area contributed by atoms with Crippen LogP contribution in [0.15, 0.2) is 48.5 Å². The van der Waals surface area contributed by atoms with Crippen LogP contribution in [0.1, 0.15) is 5.56 Å². The molecule has 3 heteroatoms. The molecule has 0 amide bonds. The molecule has 16 heavy (non-hydrogen) atoms. The van der Waals surface area contributed by atoms with Crippen LogP contribution in [0.4, 0.5) is 5.69 Å². The summed E-state index contributed by atoms with van der Waals surface area (Å²) in [5.41, 5.74) is 2.34. The van der Waals surface area contributed by atoms with Crippen molar-refractivity contribution >= 4 is 39.9 Å². The first kappa shape index (κ1) is 11.7. The number of halogens is 2. The van der Waals surface area contributed by atoms with Gasteiger partial charge in [-0.25, -0.2) is 0 Å². The van der Waals surface area contributed by atoms with Crippen LogP contribution in [0, 0.1) is 3.57 Å². The van der Waals surface area contributed by atoms with Crippen LogP contribution in [0.25, 0.3) is 0 Å². The van der Waals surface area contributed by atoms with Crippen molar-refractivity contribution in [1.29, 1.82) is 0 Å². The first-order valence-corrected chi connectivity index (χ1v) is 6.44. The Balaban J connectivity index is 2.05. The Labute approximate surface area is 114 Å². The molecule has 0 unspecified atom stereocenters. The van der Waals surface area contributed by atoms with Gasteiger partial charge < -0.3 is 5.32 Å². The third-order valence-corrected chi connectivity index (χ3v) is 3.42. The number of hydrogen-bond acceptors (Lipinski definition) is 1. The van der Waals surface area contributed by atoms with Gasteiger partial charge in [0.25, 0.3) is 0 Å². The highest BCUT2D eigenvalue weighted by Crippen LogP contribution is 2.18. The van der Waals surface area contributed by atoms with E-state index in [0.717, 1.165) is 17.3 Å². The fourth-order valence-corrected chi connectivity index (χ4v) is 2.24. The Morgan fingerprint density at radius 3 is 2.62 bits per heavy atom. The summed E-state index contributed by atoms with van der Waals surface area (Å²) < 4.78 is 1.22. The molecule has 1 N–H and O–H groups in total. The highest BCUT2D eigenvalue weighted by Gasteiger charge is 1.98. The lowest BCUT2D eigenvalue weighted by Crippen LogP contribution is -2.00. The molecule has 0 saturated carbocycles. The molecule has 0 aliphatic carbocycles. The fourth-order valence-electron chi connectivity index (χ4n) is 1.45. The fraction of sp³-hybridized carbons (Fsp3) is 0.0769. The molecule has 0 fully saturated rings. The lowest BCUT2D eigenvalue weighted by molar-refractivity contribution is 1.15. The number of para-hydroxylation sites is 1. The van der Waals surface area contributed by atoms with Crippen LogP contribution in [0.3, 0.4) is 0 Å². The largest absolute Gasteiger partial charge is 0.380 e. The predicted molar refractivity (Wildman–Crippen MR) is 77.9 cm³/mol. The molecule has 2 aromatic rings. The van der Waals surface area contributed by atoms with Crippen molar-refractivity contribution in [1.82, 2.24) is 0 Å². The summed E-state index contributed by atoms with van der Waals surface area (Å²) in [7, 11) is 0. The van der Waals surface area contributed by atoms with Crippen LogP contribution in [-0.2, 0) is 6.54 Å². The lowest BCUT2D eigenvalue weighted by atomic mass is 10.2. The van der Waals surface area contributed by atoms with Gasteiger partial charge in [-0.3, -0.25) is 0 Å². The molecule has 0 aromatic heterocycles. The van der Waals surface area contributed by atoms with Crippen LogP contribution in [0.2, 0.25) is 5.02 Å². The average molecular weight is 344 g/mol. The first-order chi connectivity index (χ1) is 7.75. The van der Waals surface area contributed by atoms with Gasteiger partial charge in [-0.15, -0.1) is 0 Å². The summed E-state index contributed by atoms with van der Waals surface area (Å²) in [4.78, 5) is 0. The van der Waals surface area contributed by atoms with Crippen molar-refractivity contribution in [2.45, 2.75) is 6.54 Å². The van der Waals surface area contributed by atoms with E-state index in [1.165, 1.54) is 9.13 Å². The first-order valence-electron chi connectivity index (χ1n) is 4.98. The zero-order chi connectivity index (χ0) is 11.4. The van der Waals surface area contributed by atoms with Gasteiger partial charge in [0.2, 0.25) is 0 Å². The van der Waals surface area contributed by atoms with E-state index in [1.807, 2.05) is 30.3 Å². The molecule has 0 aliphatic rings. The SMILES string of the molecule is Clc1cccc(CNc2ccccc2I)c1. The monoisotopic (exact) mass is 343 g/mol. The Bertz CT molecular complexity index is 485. The second-order valence-electron chi connectivity index (χ2n) is 3.46. The van der Waals surface area contributed by atoms with E-state index in [1.54, 1.807) is 0 Å². The van der Waals surface area contributed by atoms with Gasteiger partial charge in [0.1, 0.15) is 0 Å². The number of benzene rings is 2. The standard InChI is InChI=1S/C13H11ClIN/c14-11-5-3-4-10(8-11)9-16-13-7-2-1-6-12(13)15/h1-8,16H,9H2. The molecule has 2 rings (SSSR count). The second-order valence-corrected chi connectivity index (χ2v) is 5.06. The summed E-state index contributed by atoms with van der Waals surface area (Å²) in [5, 5.41) is 4.17. The third-order valence-electron chi connectivity index (χ3n) is 2.25. The highest BCUT2D eigenvalue weighted by molar-refractivity contribution is 14.1. The smallest absolute Gasteiger partial charge is 0.0478 e. The van der Waals surface area contributed by atoms with E-state index in [0.29, 0.717) is 0 Å². The quantitative estimate of drug-likeness (QED) is 0.806. The molecule has 82 valence electrons. The van der Waals surface area contributed by atoms with Crippen LogP contribution in [-0.4, -0.2) is 0 Å². The molecule has 0 bridgehead atoms. The Morgan fingerprint density at radius 2 is 1.88 bits per heavy atom. The number of rotatable bonds is 3. The predicted octanol–water partition coefficient (Wildman–Crippen LogP) is 4.56. The van der Waals surface area contributed by atoms with E-state index < -0.39 is 0 Å². The molecule has 1 nitrogen and oxygen atoms in total. The van der Waals surface area contributed by atoms with Gasteiger partial charge in [0, 0.05) is 20.8 Å². The van der Waals surface area contributed by atoms with Gasteiger partial charge in [0.15, 0.2) is 0 Å². The van der Waals surface area contributed by atoms with Gasteiger partial charge >= 0.3 is 0 Å². The minimum Gasteiger partial charge on any atom is -0.380 e. The van der Waals surface area contributed by atoms with Gasteiger partial charge in [-0.2, -0.15) is 0 Å². The maximum atomic E-state index is 5.93.